The van der Waals surface area contributed by atoms with Gasteiger partial charge in [-0.15, -0.1) is 0 Å². The average molecular weight is 507 g/mol. The molecular formula is C29H30O8. The number of ether oxygens (including phenoxy) is 4. The van der Waals surface area contributed by atoms with Crippen LogP contribution in [-0.4, -0.2) is 49.5 Å². The molecule has 3 aromatic rings. The molecule has 1 aliphatic rings. The quantitative estimate of drug-likeness (QED) is 0.377. The van der Waals surface area contributed by atoms with Crippen LogP contribution in [0, 0.1) is 0 Å². The van der Waals surface area contributed by atoms with Crippen LogP contribution in [0.5, 0.6) is 23.0 Å². The smallest absolute Gasteiger partial charge is 0.190 e. The summed E-state index contributed by atoms with van der Waals surface area (Å²) in [6, 6.07) is 12.5. The third kappa shape index (κ3) is 4.44. The first-order valence-electron chi connectivity index (χ1n) is 11.7. The summed E-state index contributed by atoms with van der Waals surface area (Å²) in [5.74, 6) is 0.836. The monoisotopic (exact) mass is 506 g/mol. The zero-order valence-electron chi connectivity index (χ0n) is 21.2. The van der Waals surface area contributed by atoms with Crippen LogP contribution in [0.15, 0.2) is 48.0 Å². The van der Waals surface area contributed by atoms with Crippen LogP contribution in [0.4, 0.5) is 0 Å². The molecule has 1 aliphatic carbocycles. The first-order chi connectivity index (χ1) is 18.0. The summed E-state index contributed by atoms with van der Waals surface area (Å²) in [4.78, 5) is 13.9. The summed E-state index contributed by atoms with van der Waals surface area (Å²) in [5.41, 5.74) is 4.04. The second kappa shape index (κ2) is 11.0. The number of ketones is 1. The fraction of sp³-hybridized carbons (Fsp3) is 0.276. The molecule has 0 saturated heterocycles. The maximum atomic E-state index is 13.9. The van der Waals surface area contributed by atoms with Crippen molar-refractivity contribution in [1.82, 2.24) is 0 Å². The van der Waals surface area contributed by atoms with Crippen molar-refractivity contribution in [2.75, 3.05) is 28.4 Å². The molecule has 0 aliphatic heterocycles. The number of fused-ring (bicyclic) bond motifs is 1. The number of carbonyl (C=O) groups excluding carboxylic acids is 1. The summed E-state index contributed by atoms with van der Waals surface area (Å²) in [6.45, 7) is -1.06. The van der Waals surface area contributed by atoms with Gasteiger partial charge in [-0.2, -0.15) is 0 Å². The van der Waals surface area contributed by atoms with E-state index in [2.05, 4.69) is 0 Å². The topological polar surface area (TPSA) is 115 Å². The van der Waals surface area contributed by atoms with Gasteiger partial charge < -0.3 is 34.3 Å². The Balaban J connectivity index is 2.09. The molecule has 0 aromatic heterocycles. The molecule has 3 aromatic carbocycles. The molecule has 0 heterocycles. The standard InChI is InChI=1S/C29H30O8/c1-34-23-8-6-5-7-16(23)10-20-25(17-9-19(14-31)28(36-3)24(12-17)35-2)26-21(27(20)33)11-18(13-30)22(15-32)29(26)37-4/h5-12,25,30-32H,13-15H2,1-4H3/b20-10-. The van der Waals surface area contributed by atoms with Crippen LogP contribution in [0.25, 0.3) is 6.08 Å². The van der Waals surface area contributed by atoms with E-state index in [0.29, 0.717) is 67.5 Å². The largest absolute Gasteiger partial charge is 0.496 e. The van der Waals surface area contributed by atoms with Crippen molar-refractivity contribution in [2.24, 2.45) is 0 Å². The first-order valence-corrected chi connectivity index (χ1v) is 11.7. The molecule has 8 nitrogen and oxygen atoms in total. The van der Waals surface area contributed by atoms with Gasteiger partial charge in [0.15, 0.2) is 17.3 Å². The van der Waals surface area contributed by atoms with Crippen LogP contribution < -0.4 is 18.9 Å². The van der Waals surface area contributed by atoms with Crippen molar-refractivity contribution in [3.05, 3.63) is 87.0 Å². The van der Waals surface area contributed by atoms with E-state index in [1.54, 1.807) is 31.4 Å². The molecular weight excluding hydrogens is 476 g/mol. The second-order valence-corrected chi connectivity index (χ2v) is 8.50. The van der Waals surface area contributed by atoms with Crippen molar-refractivity contribution in [3.63, 3.8) is 0 Å². The lowest BCUT2D eigenvalue weighted by Crippen LogP contribution is -2.08. The summed E-state index contributed by atoms with van der Waals surface area (Å²) in [6.07, 6.45) is 1.78. The predicted octanol–water partition coefficient (Wildman–Crippen LogP) is 3.61. The third-order valence-corrected chi connectivity index (χ3v) is 6.69. The minimum Gasteiger partial charge on any atom is -0.496 e. The Morgan fingerprint density at radius 2 is 1.46 bits per heavy atom. The summed E-state index contributed by atoms with van der Waals surface area (Å²) in [7, 11) is 6.02. The Morgan fingerprint density at radius 1 is 0.784 bits per heavy atom. The van der Waals surface area contributed by atoms with Crippen LogP contribution in [0.1, 0.15) is 49.7 Å². The number of Topliss-reactive ketones (excluding diaryl/α,β-unsaturated/α-hetero) is 1. The number of carbonyl (C=O) groups is 1. The highest BCUT2D eigenvalue weighted by atomic mass is 16.5. The Morgan fingerprint density at radius 3 is 2.05 bits per heavy atom. The van der Waals surface area contributed by atoms with Gasteiger partial charge in [-0.1, -0.05) is 18.2 Å². The second-order valence-electron chi connectivity index (χ2n) is 8.50. The molecule has 194 valence electrons. The lowest BCUT2D eigenvalue weighted by atomic mass is 9.85. The molecule has 3 N–H and O–H groups in total. The van der Waals surface area contributed by atoms with Crippen LogP contribution in [0.3, 0.4) is 0 Å². The minimum atomic E-state index is -0.634. The van der Waals surface area contributed by atoms with Crippen molar-refractivity contribution >= 4 is 11.9 Å². The summed E-state index contributed by atoms with van der Waals surface area (Å²) >= 11 is 0. The number of para-hydroxylation sites is 1. The highest BCUT2D eigenvalue weighted by molar-refractivity contribution is 6.18. The Hall–Kier alpha value is -3.85. The maximum Gasteiger partial charge on any atom is 0.190 e. The number of aliphatic hydroxyl groups excluding tert-OH is 3. The first kappa shape index (κ1) is 26.2. The van der Waals surface area contributed by atoms with Gasteiger partial charge in [0.05, 0.1) is 48.3 Å². The molecule has 0 fully saturated rings. The Kier molecular flexibility index (Phi) is 7.83. The zero-order chi connectivity index (χ0) is 26.7. The van der Waals surface area contributed by atoms with Crippen molar-refractivity contribution in [1.29, 1.82) is 0 Å². The van der Waals surface area contributed by atoms with Gasteiger partial charge >= 0.3 is 0 Å². The summed E-state index contributed by atoms with van der Waals surface area (Å²) in [5, 5.41) is 30.2. The van der Waals surface area contributed by atoms with Gasteiger partial charge in [0.25, 0.3) is 0 Å². The third-order valence-electron chi connectivity index (χ3n) is 6.69. The SMILES string of the molecule is COc1ccccc1/C=C1\C(=O)c2cc(CO)c(CO)c(OC)c2C1c1cc(CO)c(OC)c(OC)c1. The number of hydrogen-bond acceptors (Lipinski definition) is 8. The molecule has 8 heteroatoms. The maximum absolute atomic E-state index is 13.9. The minimum absolute atomic E-state index is 0.247. The summed E-state index contributed by atoms with van der Waals surface area (Å²) < 4.78 is 22.3. The predicted molar refractivity (Wildman–Crippen MR) is 137 cm³/mol. The molecule has 37 heavy (non-hydrogen) atoms. The molecule has 0 bridgehead atoms. The van der Waals surface area contributed by atoms with Gasteiger partial charge in [-0.05, 0) is 41.5 Å². The van der Waals surface area contributed by atoms with E-state index in [-0.39, 0.29) is 25.6 Å². The van der Waals surface area contributed by atoms with Crippen LogP contribution >= 0.6 is 0 Å². The van der Waals surface area contributed by atoms with E-state index in [1.165, 1.54) is 21.3 Å². The molecule has 1 unspecified atom stereocenters. The number of aliphatic hydroxyl groups is 3. The van der Waals surface area contributed by atoms with Gasteiger partial charge in [0.1, 0.15) is 11.5 Å². The number of rotatable bonds is 9. The molecule has 1 atom stereocenters. The Bertz CT molecular complexity index is 1330. The molecule has 4 rings (SSSR count). The molecule has 0 saturated carbocycles. The van der Waals surface area contributed by atoms with E-state index in [1.807, 2.05) is 24.3 Å². The van der Waals surface area contributed by atoms with Crippen molar-refractivity contribution in [3.8, 4) is 23.0 Å². The van der Waals surface area contributed by atoms with Crippen LogP contribution in [0.2, 0.25) is 0 Å². The van der Waals surface area contributed by atoms with E-state index in [4.69, 9.17) is 18.9 Å². The number of benzene rings is 3. The highest BCUT2D eigenvalue weighted by Gasteiger charge is 2.40. The van der Waals surface area contributed by atoms with Gasteiger partial charge in [-0.3, -0.25) is 4.79 Å². The molecule has 0 amide bonds. The van der Waals surface area contributed by atoms with Gasteiger partial charge in [-0.25, -0.2) is 0 Å². The van der Waals surface area contributed by atoms with E-state index >= 15 is 0 Å². The van der Waals surface area contributed by atoms with Crippen molar-refractivity contribution in [2.45, 2.75) is 25.7 Å². The number of allylic oxidation sites excluding steroid dienone is 1. The van der Waals surface area contributed by atoms with E-state index in [0.717, 1.165) is 0 Å². The highest BCUT2D eigenvalue weighted by Crippen LogP contribution is 2.51. The lowest BCUT2D eigenvalue weighted by molar-refractivity contribution is 0.103. The van der Waals surface area contributed by atoms with Crippen LogP contribution in [-0.2, 0) is 19.8 Å². The van der Waals surface area contributed by atoms with Gasteiger partial charge in [0, 0.05) is 39.3 Å². The zero-order valence-corrected chi connectivity index (χ0v) is 21.2. The number of hydrogen-bond donors (Lipinski definition) is 3. The van der Waals surface area contributed by atoms with E-state index in [9.17, 15) is 20.1 Å². The average Bonchev–Trinajstić information content (AvgIpc) is 3.21. The molecule has 0 radical (unpaired) electrons. The number of methoxy groups -OCH3 is 4. The van der Waals surface area contributed by atoms with E-state index < -0.39 is 5.92 Å². The Labute approximate surface area is 215 Å². The van der Waals surface area contributed by atoms with Crippen molar-refractivity contribution < 1.29 is 39.1 Å². The van der Waals surface area contributed by atoms with Gasteiger partial charge in [0.2, 0.25) is 0 Å². The lowest BCUT2D eigenvalue weighted by Gasteiger charge is -2.22. The molecule has 0 spiro atoms. The normalized spacial score (nSPS) is 15.6. The fourth-order valence-corrected chi connectivity index (χ4v) is 5.03. The fourth-order valence-electron chi connectivity index (χ4n) is 5.03.